The Morgan fingerprint density at radius 2 is 2.08 bits per heavy atom. The molecule has 1 fully saturated rings. The van der Waals surface area contributed by atoms with Crippen molar-refractivity contribution in [3.63, 3.8) is 0 Å². The maximum Gasteiger partial charge on any atom is 0.389 e. The van der Waals surface area contributed by atoms with Gasteiger partial charge in [-0.3, -0.25) is 0 Å². The van der Waals surface area contributed by atoms with Crippen LogP contribution in [0.1, 0.15) is 25.7 Å². The lowest BCUT2D eigenvalue weighted by atomic mass is 9.96. The molecule has 0 aromatic rings. The van der Waals surface area contributed by atoms with Gasteiger partial charge in [-0.15, -0.1) is 0 Å². The summed E-state index contributed by atoms with van der Waals surface area (Å²) >= 11 is 0. The quantitative estimate of drug-likeness (QED) is 0.750. The molecular formula is C8H13F3O2. The van der Waals surface area contributed by atoms with Crippen LogP contribution >= 0.6 is 0 Å². The monoisotopic (exact) mass is 198 g/mol. The summed E-state index contributed by atoms with van der Waals surface area (Å²) in [5, 5.41) is 9.60. The van der Waals surface area contributed by atoms with Gasteiger partial charge in [-0.25, -0.2) is 0 Å². The Morgan fingerprint density at radius 3 is 2.54 bits per heavy atom. The first-order valence-electron chi connectivity index (χ1n) is 4.28. The number of hydrogen-bond donors (Lipinski definition) is 1. The first-order valence-corrected chi connectivity index (χ1v) is 4.28. The second-order valence-electron chi connectivity index (χ2n) is 3.50. The van der Waals surface area contributed by atoms with E-state index < -0.39 is 18.2 Å². The Balaban J connectivity index is 2.18. The molecule has 0 bridgehead atoms. The Hall–Kier alpha value is -0.290. The summed E-state index contributed by atoms with van der Waals surface area (Å²) in [5.41, 5.74) is -1.01. The van der Waals surface area contributed by atoms with E-state index in [1.165, 1.54) is 0 Å². The predicted molar refractivity (Wildman–Crippen MR) is 40.3 cm³/mol. The second-order valence-corrected chi connectivity index (χ2v) is 3.50. The van der Waals surface area contributed by atoms with Crippen LogP contribution in [-0.4, -0.2) is 30.1 Å². The molecule has 0 aliphatic carbocycles. The van der Waals surface area contributed by atoms with Gasteiger partial charge in [0.15, 0.2) is 0 Å². The lowest BCUT2D eigenvalue weighted by Crippen LogP contribution is -2.29. The van der Waals surface area contributed by atoms with Crippen molar-refractivity contribution >= 4 is 0 Å². The third-order valence-electron chi connectivity index (χ3n) is 2.18. The summed E-state index contributed by atoms with van der Waals surface area (Å²) in [7, 11) is 0. The Kier molecular flexibility index (Phi) is 3.18. The van der Waals surface area contributed by atoms with Crippen LogP contribution < -0.4 is 0 Å². The van der Waals surface area contributed by atoms with Crippen molar-refractivity contribution in [3.05, 3.63) is 0 Å². The van der Waals surface area contributed by atoms with E-state index in [2.05, 4.69) is 0 Å². The van der Waals surface area contributed by atoms with Crippen molar-refractivity contribution < 1.29 is 23.0 Å². The fraction of sp³-hybridized carbons (Fsp3) is 1.00. The molecular weight excluding hydrogens is 185 g/mol. The smallest absolute Gasteiger partial charge is 0.387 e. The fourth-order valence-electron chi connectivity index (χ4n) is 1.41. The van der Waals surface area contributed by atoms with Crippen molar-refractivity contribution in [3.8, 4) is 0 Å². The topological polar surface area (TPSA) is 29.5 Å². The largest absolute Gasteiger partial charge is 0.389 e. The number of halogens is 3. The molecule has 1 saturated heterocycles. The summed E-state index contributed by atoms with van der Waals surface area (Å²) in [4.78, 5) is 0. The minimum Gasteiger partial charge on any atom is -0.387 e. The zero-order chi connectivity index (χ0) is 9.95. The van der Waals surface area contributed by atoms with Gasteiger partial charge in [-0.05, 0) is 12.8 Å². The van der Waals surface area contributed by atoms with Gasteiger partial charge in [0, 0.05) is 19.4 Å². The SMILES string of the molecule is OC1(CCCC(F)(F)F)CCOC1. The van der Waals surface area contributed by atoms with Crippen LogP contribution in [-0.2, 0) is 4.74 Å². The summed E-state index contributed by atoms with van der Waals surface area (Å²) in [6.07, 6.45) is -4.34. The molecule has 0 radical (unpaired) electrons. The standard InChI is InChI=1S/C8H13F3O2/c9-8(10,11)3-1-2-7(12)4-5-13-6-7/h12H,1-6H2. The van der Waals surface area contributed by atoms with Crippen LogP contribution in [0.3, 0.4) is 0 Å². The number of hydrogen-bond acceptors (Lipinski definition) is 2. The van der Waals surface area contributed by atoms with Crippen molar-refractivity contribution in [2.75, 3.05) is 13.2 Å². The average molecular weight is 198 g/mol. The normalized spacial score (nSPS) is 29.5. The van der Waals surface area contributed by atoms with E-state index in [9.17, 15) is 18.3 Å². The zero-order valence-electron chi connectivity index (χ0n) is 7.23. The Bertz CT molecular complexity index is 161. The highest BCUT2D eigenvalue weighted by molar-refractivity contribution is 4.82. The van der Waals surface area contributed by atoms with Crippen LogP contribution in [0.15, 0.2) is 0 Å². The van der Waals surface area contributed by atoms with Crippen LogP contribution in [0, 0.1) is 0 Å². The molecule has 1 N–H and O–H groups in total. The molecule has 0 saturated carbocycles. The van der Waals surface area contributed by atoms with E-state index >= 15 is 0 Å². The van der Waals surface area contributed by atoms with E-state index in [-0.39, 0.29) is 19.4 Å². The molecule has 0 aromatic carbocycles. The third-order valence-corrected chi connectivity index (χ3v) is 2.18. The molecule has 1 aliphatic rings. The maximum atomic E-state index is 11.7. The molecule has 13 heavy (non-hydrogen) atoms. The summed E-state index contributed by atoms with van der Waals surface area (Å²) < 4.78 is 40.1. The van der Waals surface area contributed by atoms with E-state index in [4.69, 9.17) is 4.74 Å². The number of ether oxygens (including phenoxy) is 1. The molecule has 5 heteroatoms. The number of aliphatic hydroxyl groups is 1. The Morgan fingerprint density at radius 1 is 1.38 bits per heavy atom. The van der Waals surface area contributed by atoms with Crippen LogP contribution in [0.4, 0.5) is 13.2 Å². The first kappa shape index (κ1) is 10.8. The lowest BCUT2D eigenvalue weighted by Gasteiger charge is -2.20. The fourth-order valence-corrected chi connectivity index (χ4v) is 1.41. The average Bonchev–Trinajstić information content (AvgIpc) is 2.33. The minimum absolute atomic E-state index is 0.0244. The number of rotatable bonds is 3. The highest BCUT2D eigenvalue weighted by Crippen LogP contribution is 2.28. The summed E-state index contributed by atoms with van der Waals surface area (Å²) in [6, 6.07) is 0. The Labute approximate surface area is 74.7 Å². The van der Waals surface area contributed by atoms with Crippen molar-refractivity contribution in [2.24, 2.45) is 0 Å². The third kappa shape index (κ3) is 3.95. The van der Waals surface area contributed by atoms with Gasteiger partial charge in [0.25, 0.3) is 0 Å². The molecule has 1 atom stereocenters. The highest BCUT2D eigenvalue weighted by atomic mass is 19.4. The molecule has 0 spiro atoms. The molecule has 0 aromatic heterocycles. The van der Waals surface area contributed by atoms with E-state index in [0.29, 0.717) is 13.0 Å². The van der Waals surface area contributed by atoms with Crippen molar-refractivity contribution in [1.29, 1.82) is 0 Å². The van der Waals surface area contributed by atoms with Gasteiger partial charge in [0.05, 0.1) is 12.2 Å². The van der Waals surface area contributed by atoms with Crippen LogP contribution in [0.25, 0.3) is 0 Å². The van der Waals surface area contributed by atoms with E-state index in [1.54, 1.807) is 0 Å². The van der Waals surface area contributed by atoms with E-state index in [0.717, 1.165) is 0 Å². The minimum atomic E-state index is -4.12. The second kappa shape index (κ2) is 3.84. The molecule has 0 amide bonds. The van der Waals surface area contributed by atoms with Gasteiger partial charge < -0.3 is 9.84 Å². The van der Waals surface area contributed by atoms with Gasteiger partial charge >= 0.3 is 6.18 Å². The summed E-state index contributed by atoms with van der Waals surface area (Å²) in [6.45, 7) is 0.618. The van der Waals surface area contributed by atoms with Crippen LogP contribution in [0.2, 0.25) is 0 Å². The van der Waals surface area contributed by atoms with Gasteiger partial charge in [-0.1, -0.05) is 0 Å². The van der Waals surface area contributed by atoms with Crippen LogP contribution in [0.5, 0.6) is 0 Å². The summed E-state index contributed by atoms with van der Waals surface area (Å²) in [5.74, 6) is 0. The van der Waals surface area contributed by atoms with Gasteiger partial charge in [0.2, 0.25) is 0 Å². The molecule has 1 aliphatic heterocycles. The molecule has 78 valence electrons. The van der Waals surface area contributed by atoms with Gasteiger partial charge in [-0.2, -0.15) is 13.2 Å². The maximum absolute atomic E-state index is 11.7. The van der Waals surface area contributed by atoms with Crippen molar-refractivity contribution in [2.45, 2.75) is 37.5 Å². The molecule has 1 rings (SSSR count). The zero-order valence-corrected chi connectivity index (χ0v) is 7.23. The first-order chi connectivity index (χ1) is 5.91. The molecule has 1 heterocycles. The van der Waals surface area contributed by atoms with Gasteiger partial charge in [0.1, 0.15) is 0 Å². The molecule has 2 nitrogen and oxygen atoms in total. The lowest BCUT2D eigenvalue weighted by molar-refractivity contribution is -0.138. The predicted octanol–water partition coefficient (Wildman–Crippen LogP) is 1.87. The number of alkyl halides is 3. The van der Waals surface area contributed by atoms with Crippen molar-refractivity contribution in [1.82, 2.24) is 0 Å². The molecule has 1 unspecified atom stereocenters. The van der Waals surface area contributed by atoms with E-state index in [1.807, 2.05) is 0 Å². The highest BCUT2D eigenvalue weighted by Gasteiger charge is 2.34.